The largest absolute Gasteiger partial charge is 1.00 e. The third-order valence-electron chi connectivity index (χ3n) is 8.13. The van der Waals surface area contributed by atoms with Gasteiger partial charge in [-0.1, -0.05) is 48.8 Å². The van der Waals surface area contributed by atoms with Crippen molar-refractivity contribution in [3.63, 3.8) is 0 Å². The second kappa shape index (κ2) is 47.5. The van der Waals surface area contributed by atoms with Crippen molar-refractivity contribution < 1.29 is 199 Å². The van der Waals surface area contributed by atoms with E-state index in [-0.39, 0.29) is 212 Å². The van der Waals surface area contributed by atoms with Crippen LogP contribution in [-0.2, 0) is 47.5 Å². The summed E-state index contributed by atoms with van der Waals surface area (Å²) in [4.78, 5) is 92.2. The van der Waals surface area contributed by atoms with E-state index in [1.54, 1.807) is 75.3 Å². The van der Waals surface area contributed by atoms with Gasteiger partial charge in [0.25, 0.3) is 0 Å². The number of phenols is 1. The SMILES string of the molecule is CC(C)(C)[O-].CCOC(=O)CCCCBr.CCOC(=O)CCCOc1ccc(C(=O)OCC)c(C(=O)OCC)c1.CCOC(=O)c1ccc(O)cc1C(=O)OCC.CCOC(=O)c1ccc([O-])cc1C(=O)OCC.[K+].[K+]. The van der Waals surface area contributed by atoms with Crippen molar-refractivity contribution in [2.24, 2.45) is 0 Å². The molecule has 3 aromatic rings. The number of phenolic OH excluding ortho intramolecular Hbond substituents is 1. The Kier molecular flexibility index (Phi) is 49.4. The summed E-state index contributed by atoms with van der Waals surface area (Å²) in [6.45, 7) is 20.7. The number of ether oxygens (including phenoxy) is 9. The maximum Gasteiger partial charge on any atom is 1.00 e. The molecule has 20 nitrogen and oxygen atoms in total. The second-order valence-electron chi connectivity index (χ2n) is 15.3. The van der Waals surface area contributed by atoms with Crippen molar-refractivity contribution in [1.82, 2.24) is 0 Å². The molecular weight excluding hydrogens is 1110 g/mol. The van der Waals surface area contributed by atoms with Gasteiger partial charge in [0, 0.05) is 18.2 Å². The van der Waals surface area contributed by atoms with Gasteiger partial charge in [-0.25, -0.2) is 28.8 Å². The fraction of sp³-hybridized carbons (Fsp3) is 0.509. The summed E-state index contributed by atoms with van der Waals surface area (Å²) in [5.41, 5.74) is -0.460. The number of hydrogen-bond acceptors (Lipinski definition) is 20. The quantitative estimate of drug-likeness (QED) is 0.0466. The first-order chi connectivity index (χ1) is 35.0. The predicted octanol–water partition coefficient (Wildman–Crippen LogP) is 1.89. The van der Waals surface area contributed by atoms with E-state index >= 15 is 0 Å². The minimum absolute atomic E-state index is 0. The Balaban J connectivity index is -0.000000453. The second-order valence-corrected chi connectivity index (χ2v) is 16.1. The normalized spacial score (nSPS) is 9.70. The van der Waals surface area contributed by atoms with Crippen molar-refractivity contribution in [2.75, 3.05) is 64.8 Å². The zero-order valence-corrected chi connectivity index (χ0v) is 54.2. The van der Waals surface area contributed by atoms with Gasteiger partial charge in [-0.2, -0.15) is 0 Å². The van der Waals surface area contributed by atoms with Crippen LogP contribution in [-0.4, -0.2) is 123 Å². The number of carbonyl (C=O) groups is 8. The molecule has 0 aliphatic heterocycles. The van der Waals surface area contributed by atoms with Crippen LogP contribution in [0.3, 0.4) is 0 Å². The molecule has 0 heterocycles. The van der Waals surface area contributed by atoms with Crippen LogP contribution in [0.25, 0.3) is 0 Å². The average molecular weight is 1190 g/mol. The smallest absolute Gasteiger partial charge is 0.872 e. The molecule has 23 heteroatoms. The first-order valence-corrected chi connectivity index (χ1v) is 25.2. The van der Waals surface area contributed by atoms with Gasteiger partial charge in [-0.15, -0.1) is 11.4 Å². The molecule has 0 saturated carbocycles. The molecule has 0 amide bonds. The summed E-state index contributed by atoms with van der Waals surface area (Å²) in [7, 11) is 0. The topological polar surface area (TPSA) is 286 Å². The summed E-state index contributed by atoms with van der Waals surface area (Å²) in [6.07, 6.45) is 3.25. The van der Waals surface area contributed by atoms with E-state index in [2.05, 4.69) is 15.9 Å². The Bertz CT molecular complexity index is 2110. The molecule has 0 bridgehead atoms. The van der Waals surface area contributed by atoms with Crippen LogP contribution in [0.1, 0.15) is 170 Å². The monoisotopic (exact) mass is 1190 g/mol. The Labute approximate surface area is 540 Å². The first-order valence-electron chi connectivity index (χ1n) is 24.0. The molecule has 1 N–H and O–H groups in total. The van der Waals surface area contributed by atoms with Crippen molar-refractivity contribution in [3.8, 4) is 17.2 Å². The maximum atomic E-state index is 12.1. The number of unbranched alkanes of at least 4 members (excludes halogenated alkanes) is 1. The van der Waals surface area contributed by atoms with Gasteiger partial charge in [0.05, 0.1) is 92.8 Å². The molecule has 0 aromatic heterocycles. The Morgan fingerprint density at radius 2 is 0.776 bits per heavy atom. The summed E-state index contributed by atoms with van der Waals surface area (Å²) in [5, 5.41) is 31.5. The molecular formula is C53H73BrK2O20. The molecule has 0 radical (unpaired) electrons. The van der Waals surface area contributed by atoms with E-state index in [9.17, 15) is 53.7 Å². The van der Waals surface area contributed by atoms with E-state index in [0.717, 1.165) is 24.2 Å². The number of benzene rings is 3. The zero-order valence-electron chi connectivity index (χ0n) is 46.4. The molecule has 3 rings (SSSR count). The molecule has 76 heavy (non-hydrogen) atoms. The van der Waals surface area contributed by atoms with E-state index in [0.29, 0.717) is 31.8 Å². The number of carbonyl (C=O) groups excluding carboxylic acids is 8. The number of aromatic hydroxyl groups is 1. The molecule has 0 aliphatic rings. The number of hydrogen-bond donors (Lipinski definition) is 1. The molecule has 0 aliphatic carbocycles. The van der Waals surface area contributed by atoms with Gasteiger partial charge in [-0.05, 0) is 117 Å². The van der Waals surface area contributed by atoms with E-state index in [1.165, 1.54) is 42.5 Å². The molecule has 3 aromatic carbocycles. The molecule has 0 spiro atoms. The first kappa shape index (κ1) is 79.0. The van der Waals surface area contributed by atoms with Crippen LogP contribution in [0.5, 0.6) is 17.2 Å². The summed E-state index contributed by atoms with van der Waals surface area (Å²) >= 11 is 3.29. The zero-order chi connectivity index (χ0) is 56.6. The molecule has 0 unspecified atom stereocenters. The van der Waals surface area contributed by atoms with E-state index in [4.69, 9.17) is 42.6 Å². The van der Waals surface area contributed by atoms with Crippen molar-refractivity contribution in [1.29, 1.82) is 0 Å². The van der Waals surface area contributed by atoms with Crippen LogP contribution >= 0.6 is 15.9 Å². The minimum atomic E-state index is -0.750. The van der Waals surface area contributed by atoms with Gasteiger partial charge in [0.1, 0.15) is 11.5 Å². The third-order valence-corrected chi connectivity index (χ3v) is 8.69. The molecule has 0 saturated heterocycles. The number of alkyl halides is 1. The summed E-state index contributed by atoms with van der Waals surface area (Å²) in [5.74, 6) is -4.27. The minimum Gasteiger partial charge on any atom is -0.872 e. The fourth-order valence-electron chi connectivity index (χ4n) is 5.20. The Hall–Kier alpha value is -3.47. The van der Waals surface area contributed by atoms with E-state index < -0.39 is 41.4 Å². The van der Waals surface area contributed by atoms with Gasteiger partial charge < -0.3 is 58.0 Å². The standard InChI is InChI=1S/C18H24O7.2C12H14O5.C7H13BrO2.C4H9O.2K/c1-4-22-16(19)8-7-11-25-13-9-10-14(17(20)23-5-2)15(12-13)18(21)24-6-3;2*1-3-16-11(14)9-6-5-8(13)7-10(9)12(15)17-4-2;1-2-10-7(9)5-3-4-6-8;1-4(2,3)5;;/h9-10,12H,4-8,11H2,1-3H3;2*5-7,13H,3-4H2,1-2H3;2-6H2,1H3;1-3H3;;/q;;;;-1;2*+1/p-1. The number of esters is 8. The summed E-state index contributed by atoms with van der Waals surface area (Å²) in [6, 6.07) is 11.9. The van der Waals surface area contributed by atoms with Crippen LogP contribution in [0.2, 0.25) is 0 Å². The van der Waals surface area contributed by atoms with Gasteiger partial charge in [-0.3, -0.25) is 9.59 Å². The van der Waals surface area contributed by atoms with Crippen molar-refractivity contribution in [3.05, 3.63) is 88.0 Å². The Morgan fingerprint density at radius 1 is 0.461 bits per heavy atom. The van der Waals surface area contributed by atoms with Crippen molar-refractivity contribution >= 4 is 63.7 Å². The maximum absolute atomic E-state index is 12.1. The molecule has 0 atom stereocenters. The van der Waals surface area contributed by atoms with Crippen LogP contribution in [0.15, 0.2) is 54.6 Å². The van der Waals surface area contributed by atoms with Crippen molar-refractivity contribution in [2.45, 2.75) is 114 Å². The average Bonchev–Trinajstić information content (AvgIpc) is 3.33. The van der Waals surface area contributed by atoms with Crippen LogP contribution in [0, 0.1) is 0 Å². The molecule has 414 valence electrons. The number of halogens is 1. The number of rotatable bonds is 23. The van der Waals surface area contributed by atoms with Gasteiger partial charge >= 0.3 is 151 Å². The summed E-state index contributed by atoms with van der Waals surface area (Å²) < 4.78 is 44.2. The predicted molar refractivity (Wildman–Crippen MR) is 272 cm³/mol. The fourth-order valence-corrected chi connectivity index (χ4v) is 5.60. The molecule has 0 fully saturated rings. The van der Waals surface area contributed by atoms with Gasteiger partial charge in [0.15, 0.2) is 0 Å². The van der Waals surface area contributed by atoms with E-state index in [1.807, 2.05) is 6.92 Å². The van der Waals surface area contributed by atoms with Gasteiger partial charge in [0.2, 0.25) is 0 Å². The van der Waals surface area contributed by atoms with Crippen LogP contribution < -0.4 is 118 Å². The van der Waals surface area contributed by atoms with Crippen LogP contribution in [0.4, 0.5) is 0 Å². The Morgan fingerprint density at radius 3 is 1.14 bits per heavy atom. The third kappa shape index (κ3) is 37.4.